The van der Waals surface area contributed by atoms with Gasteiger partial charge in [-0.3, -0.25) is 0 Å². The molecule has 0 aliphatic rings. The minimum Gasteiger partial charge on any atom is -0.337 e. The highest BCUT2D eigenvalue weighted by atomic mass is 19.1. The fourth-order valence-electron chi connectivity index (χ4n) is 1.97. The van der Waals surface area contributed by atoms with Crippen LogP contribution in [0.2, 0.25) is 0 Å². The number of imidazole rings is 1. The third kappa shape index (κ3) is 2.96. The molecule has 0 bridgehead atoms. The minimum atomic E-state index is -0.197. The number of hydrogen-bond acceptors (Lipinski definition) is 2. The van der Waals surface area contributed by atoms with E-state index in [9.17, 15) is 4.39 Å². The summed E-state index contributed by atoms with van der Waals surface area (Å²) in [5.74, 6) is 0.799. The standard InChI is InChI=1S/C14H18FN3/c1-3-13(11-4-6-12(15)7-5-11)17-10-14-16-8-9-18(14)2/h4-9,13,17H,3,10H2,1-2H3. The molecule has 1 unspecified atom stereocenters. The summed E-state index contributed by atoms with van der Waals surface area (Å²) in [4.78, 5) is 4.27. The van der Waals surface area contributed by atoms with Crippen LogP contribution >= 0.6 is 0 Å². The molecule has 1 N–H and O–H groups in total. The summed E-state index contributed by atoms with van der Waals surface area (Å²) in [7, 11) is 1.98. The molecule has 0 amide bonds. The Morgan fingerprint density at radius 2 is 2.06 bits per heavy atom. The molecule has 3 nitrogen and oxygen atoms in total. The van der Waals surface area contributed by atoms with Crippen LogP contribution in [0.1, 0.15) is 30.8 Å². The molecule has 1 aromatic heterocycles. The molecular formula is C14H18FN3. The highest BCUT2D eigenvalue weighted by molar-refractivity contribution is 5.19. The molecule has 0 aliphatic heterocycles. The molecule has 0 saturated heterocycles. The van der Waals surface area contributed by atoms with E-state index in [0.717, 1.165) is 17.8 Å². The van der Waals surface area contributed by atoms with Crippen LogP contribution in [0.15, 0.2) is 36.7 Å². The maximum absolute atomic E-state index is 12.9. The summed E-state index contributed by atoms with van der Waals surface area (Å²) < 4.78 is 14.9. The van der Waals surface area contributed by atoms with Crippen molar-refractivity contribution in [3.8, 4) is 0 Å². The monoisotopic (exact) mass is 247 g/mol. The van der Waals surface area contributed by atoms with Crippen LogP contribution in [0.3, 0.4) is 0 Å². The number of nitrogens with one attached hydrogen (secondary N) is 1. The molecule has 2 aromatic rings. The van der Waals surface area contributed by atoms with Gasteiger partial charge in [0.15, 0.2) is 0 Å². The Kier molecular flexibility index (Phi) is 4.10. The zero-order valence-corrected chi connectivity index (χ0v) is 10.7. The normalized spacial score (nSPS) is 12.6. The largest absolute Gasteiger partial charge is 0.337 e. The SMILES string of the molecule is CCC(NCc1nccn1C)c1ccc(F)cc1. The van der Waals surface area contributed by atoms with E-state index in [1.807, 2.05) is 29.9 Å². The third-order valence-corrected chi connectivity index (χ3v) is 3.11. The van der Waals surface area contributed by atoms with E-state index in [-0.39, 0.29) is 11.9 Å². The lowest BCUT2D eigenvalue weighted by Crippen LogP contribution is -2.22. The molecular weight excluding hydrogens is 229 g/mol. The molecule has 1 heterocycles. The van der Waals surface area contributed by atoms with Gasteiger partial charge >= 0.3 is 0 Å². The van der Waals surface area contributed by atoms with E-state index in [1.54, 1.807) is 6.20 Å². The van der Waals surface area contributed by atoms with Crippen molar-refractivity contribution in [2.45, 2.75) is 25.9 Å². The van der Waals surface area contributed by atoms with Gasteiger partial charge in [-0.15, -0.1) is 0 Å². The summed E-state index contributed by atoms with van der Waals surface area (Å²) in [5, 5.41) is 3.44. The minimum absolute atomic E-state index is 0.197. The number of rotatable bonds is 5. The topological polar surface area (TPSA) is 29.9 Å². The molecule has 0 radical (unpaired) electrons. The average molecular weight is 247 g/mol. The lowest BCUT2D eigenvalue weighted by atomic mass is 10.0. The van der Waals surface area contributed by atoms with Gasteiger partial charge in [0.2, 0.25) is 0 Å². The number of nitrogens with zero attached hydrogens (tertiary/aromatic N) is 2. The van der Waals surface area contributed by atoms with Crippen LogP contribution in [0.5, 0.6) is 0 Å². The Balaban J connectivity index is 2.01. The Hall–Kier alpha value is -1.68. The van der Waals surface area contributed by atoms with Gasteiger partial charge in [-0.25, -0.2) is 9.37 Å². The van der Waals surface area contributed by atoms with Crippen molar-refractivity contribution in [3.05, 3.63) is 53.9 Å². The highest BCUT2D eigenvalue weighted by Crippen LogP contribution is 2.17. The molecule has 96 valence electrons. The molecule has 4 heteroatoms. The summed E-state index contributed by atoms with van der Waals surface area (Å²) in [6.07, 6.45) is 4.67. The van der Waals surface area contributed by atoms with E-state index >= 15 is 0 Å². The summed E-state index contributed by atoms with van der Waals surface area (Å²) in [5.41, 5.74) is 1.10. The van der Waals surface area contributed by atoms with Crippen molar-refractivity contribution in [2.75, 3.05) is 0 Å². The van der Waals surface area contributed by atoms with E-state index in [0.29, 0.717) is 6.54 Å². The smallest absolute Gasteiger partial charge is 0.123 e. The summed E-state index contributed by atoms with van der Waals surface area (Å²) >= 11 is 0. The van der Waals surface area contributed by atoms with Crippen molar-refractivity contribution >= 4 is 0 Å². The van der Waals surface area contributed by atoms with Gasteiger partial charge in [-0.05, 0) is 24.1 Å². The average Bonchev–Trinajstić information content (AvgIpc) is 2.78. The van der Waals surface area contributed by atoms with Gasteiger partial charge in [0.1, 0.15) is 11.6 Å². The second-order valence-corrected chi connectivity index (χ2v) is 4.35. The lowest BCUT2D eigenvalue weighted by molar-refractivity contribution is 0.501. The molecule has 18 heavy (non-hydrogen) atoms. The Morgan fingerprint density at radius 3 is 2.61 bits per heavy atom. The summed E-state index contributed by atoms with van der Waals surface area (Å²) in [6.45, 7) is 2.82. The Bertz CT molecular complexity index is 490. The van der Waals surface area contributed by atoms with Crippen LogP contribution in [0.25, 0.3) is 0 Å². The first-order valence-corrected chi connectivity index (χ1v) is 6.15. The Labute approximate surface area is 107 Å². The molecule has 1 aromatic carbocycles. The van der Waals surface area contributed by atoms with Crippen molar-refractivity contribution in [3.63, 3.8) is 0 Å². The van der Waals surface area contributed by atoms with Gasteiger partial charge in [0, 0.05) is 25.5 Å². The molecule has 2 rings (SSSR count). The fourth-order valence-corrected chi connectivity index (χ4v) is 1.97. The van der Waals surface area contributed by atoms with Crippen LogP contribution in [0.4, 0.5) is 4.39 Å². The first kappa shape index (κ1) is 12.8. The van der Waals surface area contributed by atoms with Crippen molar-refractivity contribution < 1.29 is 4.39 Å². The first-order valence-electron chi connectivity index (χ1n) is 6.15. The maximum atomic E-state index is 12.9. The van der Waals surface area contributed by atoms with E-state index in [2.05, 4.69) is 17.2 Å². The Morgan fingerprint density at radius 1 is 1.33 bits per heavy atom. The lowest BCUT2D eigenvalue weighted by Gasteiger charge is -2.17. The van der Waals surface area contributed by atoms with E-state index < -0.39 is 0 Å². The van der Waals surface area contributed by atoms with E-state index in [4.69, 9.17) is 0 Å². The molecule has 0 fully saturated rings. The van der Waals surface area contributed by atoms with Gasteiger partial charge in [0.25, 0.3) is 0 Å². The van der Waals surface area contributed by atoms with Crippen LogP contribution in [-0.2, 0) is 13.6 Å². The van der Waals surface area contributed by atoms with Gasteiger partial charge in [-0.2, -0.15) is 0 Å². The van der Waals surface area contributed by atoms with Crippen LogP contribution < -0.4 is 5.32 Å². The van der Waals surface area contributed by atoms with Gasteiger partial charge in [-0.1, -0.05) is 19.1 Å². The molecule has 1 atom stereocenters. The first-order chi connectivity index (χ1) is 8.70. The summed E-state index contributed by atoms with van der Waals surface area (Å²) in [6, 6.07) is 6.88. The van der Waals surface area contributed by atoms with Crippen LogP contribution in [0, 0.1) is 5.82 Å². The number of aryl methyl sites for hydroxylation is 1. The highest BCUT2D eigenvalue weighted by Gasteiger charge is 2.09. The molecule has 0 spiro atoms. The second kappa shape index (κ2) is 5.78. The fraction of sp³-hybridized carbons (Fsp3) is 0.357. The zero-order valence-electron chi connectivity index (χ0n) is 10.7. The number of benzene rings is 1. The molecule has 0 aliphatic carbocycles. The number of halogens is 1. The maximum Gasteiger partial charge on any atom is 0.123 e. The van der Waals surface area contributed by atoms with Crippen LogP contribution in [-0.4, -0.2) is 9.55 Å². The van der Waals surface area contributed by atoms with Crippen molar-refractivity contribution in [2.24, 2.45) is 7.05 Å². The predicted molar refractivity (Wildman–Crippen MR) is 69.5 cm³/mol. The van der Waals surface area contributed by atoms with Gasteiger partial charge < -0.3 is 9.88 Å². The molecule has 0 saturated carbocycles. The number of hydrogen-bond donors (Lipinski definition) is 1. The second-order valence-electron chi connectivity index (χ2n) is 4.35. The van der Waals surface area contributed by atoms with Crippen molar-refractivity contribution in [1.82, 2.24) is 14.9 Å². The number of aromatic nitrogens is 2. The van der Waals surface area contributed by atoms with Crippen molar-refractivity contribution in [1.29, 1.82) is 0 Å². The van der Waals surface area contributed by atoms with E-state index in [1.165, 1.54) is 12.1 Å². The third-order valence-electron chi connectivity index (χ3n) is 3.11. The quantitative estimate of drug-likeness (QED) is 0.880. The zero-order chi connectivity index (χ0) is 13.0. The van der Waals surface area contributed by atoms with Gasteiger partial charge in [0.05, 0.1) is 6.54 Å². The predicted octanol–water partition coefficient (Wildman–Crippen LogP) is 2.80.